The Morgan fingerprint density at radius 3 is 2.58 bits per heavy atom. The van der Waals surface area contributed by atoms with E-state index in [1.165, 1.54) is 5.57 Å². The minimum absolute atomic E-state index is 0.0363. The standard InChI is InChI=1S/C31H42Cl2N2O3/c1-20-4-6-22(19-27(20)35(16-13-32)17-14-33)38-29(37)26-9-8-24-23-7-5-21-18-28(36)34-15-12-30(21,2)25(23)10-11-31(24,26)3/h4,6,18-19,23-26H,5,7-17H2,1-3H3,(H,34,36)/t23-,24-,25-,26+,30-,31-/m0/s1. The number of ether oxygens (including phenoxy) is 1. The molecule has 0 spiro atoms. The van der Waals surface area contributed by atoms with Crippen LogP contribution in [0.5, 0.6) is 5.75 Å². The van der Waals surface area contributed by atoms with Crippen molar-refractivity contribution in [3.05, 3.63) is 35.4 Å². The number of carbonyl (C=O) groups is 2. The van der Waals surface area contributed by atoms with Crippen LogP contribution in [0.15, 0.2) is 29.8 Å². The monoisotopic (exact) mass is 560 g/mol. The molecule has 4 aliphatic rings. The van der Waals surface area contributed by atoms with Gasteiger partial charge in [-0.25, -0.2) is 0 Å². The van der Waals surface area contributed by atoms with Gasteiger partial charge in [0.1, 0.15) is 5.75 Å². The fourth-order valence-corrected chi connectivity index (χ4v) is 9.10. The predicted octanol–water partition coefficient (Wildman–Crippen LogP) is 6.49. The summed E-state index contributed by atoms with van der Waals surface area (Å²) in [5, 5.41) is 3.06. The molecule has 1 aromatic carbocycles. The van der Waals surface area contributed by atoms with Gasteiger partial charge in [0.25, 0.3) is 0 Å². The molecule has 3 fully saturated rings. The summed E-state index contributed by atoms with van der Waals surface area (Å²) in [7, 11) is 0. The summed E-state index contributed by atoms with van der Waals surface area (Å²) in [5.74, 6) is 3.23. The van der Waals surface area contributed by atoms with E-state index in [0.717, 1.165) is 62.7 Å². The van der Waals surface area contributed by atoms with Crippen LogP contribution in [0.3, 0.4) is 0 Å². The number of benzene rings is 1. The highest BCUT2D eigenvalue weighted by Gasteiger charge is 2.60. The maximum Gasteiger partial charge on any atom is 0.314 e. The molecule has 38 heavy (non-hydrogen) atoms. The average Bonchev–Trinajstić information content (AvgIpc) is 3.16. The van der Waals surface area contributed by atoms with Crippen molar-refractivity contribution >= 4 is 40.8 Å². The van der Waals surface area contributed by atoms with E-state index in [2.05, 4.69) is 31.0 Å². The second-order valence-electron chi connectivity index (χ2n) is 12.5. The number of nitrogens with zero attached hydrogens (tertiary/aromatic N) is 1. The van der Waals surface area contributed by atoms with Crippen LogP contribution in [-0.2, 0) is 9.59 Å². The highest BCUT2D eigenvalue weighted by molar-refractivity contribution is 6.18. The van der Waals surface area contributed by atoms with Crippen LogP contribution in [0, 0.1) is 41.4 Å². The van der Waals surface area contributed by atoms with E-state index in [1.807, 2.05) is 24.3 Å². The third-order valence-corrected chi connectivity index (χ3v) is 11.1. The van der Waals surface area contributed by atoms with Crippen molar-refractivity contribution in [3.63, 3.8) is 0 Å². The van der Waals surface area contributed by atoms with Crippen LogP contribution in [0.4, 0.5) is 5.69 Å². The third kappa shape index (κ3) is 4.87. The molecule has 1 amide bonds. The Hall–Kier alpha value is -1.72. The van der Waals surface area contributed by atoms with E-state index in [9.17, 15) is 9.59 Å². The van der Waals surface area contributed by atoms with Crippen LogP contribution in [0.1, 0.15) is 64.4 Å². The maximum absolute atomic E-state index is 13.7. The first-order valence-corrected chi connectivity index (χ1v) is 15.5. The average molecular weight is 562 g/mol. The summed E-state index contributed by atoms with van der Waals surface area (Å²) in [5.41, 5.74) is 3.52. The number of nitrogens with one attached hydrogen (secondary N) is 1. The van der Waals surface area contributed by atoms with Gasteiger partial charge in [0, 0.05) is 49.2 Å². The van der Waals surface area contributed by atoms with Crippen molar-refractivity contribution in [2.24, 2.45) is 34.5 Å². The van der Waals surface area contributed by atoms with Gasteiger partial charge in [0.05, 0.1) is 5.92 Å². The Labute approximate surface area is 237 Å². The molecule has 5 rings (SSSR count). The smallest absolute Gasteiger partial charge is 0.314 e. The second-order valence-corrected chi connectivity index (χ2v) is 13.2. The number of esters is 1. The van der Waals surface area contributed by atoms with Gasteiger partial charge >= 0.3 is 5.97 Å². The van der Waals surface area contributed by atoms with Crippen molar-refractivity contribution < 1.29 is 14.3 Å². The molecule has 3 saturated carbocycles. The summed E-state index contributed by atoms with van der Waals surface area (Å²) in [6.45, 7) is 8.94. The van der Waals surface area contributed by atoms with Crippen molar-refractivity contribution in [2.75, 3.05) is 36.3 Å². The van der Waals surface area contributed by atoms with E-state index in [0.29, 0.717) is 48.4 Å². The summed E-state index contributed by atoms with van der Waals surface area (Å²) in [6.07, 6.45) is 9.17. The number of hydrogen-bond donors (Lipinski definition) is 1. The Bertz CT molecular complexity index is 1100. The lowest BCUT2D eigenvalue weighted by Gasteiger charge is -2.57. The van der Waals surface area contributed by atoms with Crippen LogP contribution < -0.4 is 15.0 Å². The molecule has 1 aromatic rings. The number of amides is 1. The SMILES string of the molecule is Cc1ccc(OC(=O)[C@H]2CC[C@H]3[C@@H]4CCC5=CC(=O)NCC[C@]5(C)[C@H]4CC[C@]23C)cc1N(CCCl)CCCl. The first kappa shape index (κ1) is 27.8. The molecule has 6 atom stereocenters. The topological polar surface area (TPSA) is 58.6 Å². The molecular formula is C31H42Cl2N2O3. The van der Waals surface area contributed by atoms with Crippen molar-refractivity contribution in [1.82, 2.24) is 5.32 Å². The van der Waals surface area contributed by atoms with Gasteiger partial charge in [0.15, 0.2) is 0 Å². The van der Waals surface area contributed by atoms with Gasteiger partial charge in [-0.15, -0.1) is 23.2 Å². The second kappa shape index (κ2) is 11.0. The number of allylic oxidation sites excluding steroid dienone is 1. The minimum atomic E-state index is -0.0867. The molecule has 0 saturated heterocycles. The number of anilines is 1. The first-order valence-electron chi connectivity index (χ1n) is 14.4. The number of carbonyl (C=O) groups excluding carboxylic acids is 2. The van der Waals surface area contributed by atoms with Crippen molar-refractivity contribution in [2.45, 2.75) is 65.7 Å². The molecule has 3 aliphatic carbocycles. The van der Waals surface area contributed by atoms with Crippen LogP contribution in [0.2, 0.25) is 0 Å². The molecule has 208 valence electrons. The predicted molar refractivity (Wildman–Crippen MR) is 154 cm³/mol. The van der Waals surface area contributed by atoms with E-state index in [-0.39, 0.29) is 28.6 Å². The zero-order valence-corrected chi connectivity index (χ0v) is 24.5. The Balaban J connectivity index is 1.33. The molecule has 1 N–H and O–H groups in total. The fraction of sp³-hybridized carbons (Fsp3) is 0.677. The van der Waals surface area contributed by atoms with Gasteiger partial charge in [-0.05, 0) is 92.1 Å². The molecule has 0 bridgehead atoms. The van der Waals surface area contributed by atoms with Gasteiger partial charge in [-0.3, -0.25) is 9.59 Å². The zero-order valence-electron chi connectivity index (χ0n) is 23.0. The molecule has 0 radical (unpaired) electrons. The number of rotatable bonds is 7. The van der Waals surface area contributed by atoms with E-state index in [4.69, 9.17) is 27.9 Å². The summed E-state index contributed by atoms with van der Waals surface area (Å²) < 4.78 is 6.10. The lowest BCUT2D eigenvalue weighted by atomic mass is 9.48. The fourth-order valence-electron chi connectivity index (χ4n) is 8.69. The van der Waals surface area contributed by atoms with Gasteiger partial charge in [0.2, 0.25) is 5.91 Å². The maximum atomic E-state index is 13.7. The van der Waals surface area contributed by atoms with Crippen LogP contribution >= 0.6 is 23.2 Å². The minimum Gasteiger partial charge on any atom is -0.426 e. The van der Waals surface area contributed by atoms with E-state index < -0.39 is 0 Å². The van der Waals surface area contributed by atoms with E-state index >= 15 is 0 Å². The highest BCUT2D eigenvalue weighted by atomic mass is 35.5. The van der Waals surface area contributed by atoms with Crippen molar-refractivity contribution in [1.29, 1.82) is 0 Å². The van der Waals surface area contributed by atoms with Crippen LogP contribution in [0.25, 0.3) is 0 Å². The summed E-state index contributed by atoms with van der Waals surface area (Å²) in [4.78, 5) is 28.1. The number of halogens is 2. The molecular weight excluding hydrogens is 519 g/mol. The normalized spacial score (nSPS) is 34.2. The zero-order chi connectivity index (χ0) is 27.1. The number of alkyl halides is 2. The Morgan fingerprint density at radius 2 is 1.84 bits per heavy atom. The van der Waals surface area contributed by atoms with Crippen molar-refractivity contribution in [3.8, 4) is 5.75 Å². The van der Waals surface area contributed by atoms with Gasteiger partial charge in [-0.1, -0.05) is 25.5 Å². The Morgan fingerprint density at radius 1 is 1.08 bits per heavy atom. The Kier molecular flexibility index (Phi) is 8.09. The lowest BCUT2D eigenvalue weighted by Crippen LogP contribution is -2.50. The number of fused-ring (bicyclic) bond motifs is 5. The molecule has 5 nitrogen and oxygen atoms in total. The third-order valence-electron chi connectivity index (χ3n) is 10.7. The highest BCUT2D eigenvalue weighted by Crippen LogP contribution is 2.66. The molecule has 7 heteroatoms. The van der Waals surface area contributed by atoms with Crippen LogP contribution in [-0.4, -0.2) is 43.3 Å². The summed E-state index contributed by atoms with van der Waals surface area (Å²) >= 11 is 12.1. The molecule has 1 heterocycles. The molecule has 0 aromatic heterocycles. The molecule has 0 unspecified atom stereocenters. The van der Waals surface area contributed by atoms with E-state index in [1.54, 1.807) is 0 Å². The lowest BCUT2D eigenvalue weighted by molar-refractivity contribution is -0.146. The quantitative estimate of drug-likeness (QED) is 0.235. The summed E-state index contributed by atoms with van der Waals surface area (Å²) in [6, 6.07) is 5.88. The largest absolute Gasteiger partial charge is 0.426 e. The first-order chi connectivity index (χ1) is 18.2. The number of hydrogen-bond acceptors (Lipinski definition) is 4. The van der Waals surface area contributed by atoms with Gasteiger partial charge < -0.3 is 15.0 Å². The molecule has 1 aliphatic heterocycles. The van der Waals surface area contributed by atoms with Gasteiger partial charge in [-0.2, -0.15) is 0 Å². The number of aryl methyl sites for hydroxylation is 1.